The van der Waals surface area contributed by atoms with Gasteiger partial charge in [-0.15, -0.1) is 0 Å². The smallest absolute Gasteiger partial charge is 0.185 e. The number of aromatic nitrogens is 1. The van der Waals surface area contributed by atoms with E-state index in [1.807, 2.05) is 77.6 Å². The maximum absolute atomic E-state index is 12.2. The lowest BCUT2D eigenvalue weighted by atomic mass is 10.1. The SMILES string of the molecule is COc1cccc(/C=C/C(=O)c2ccc(-n3cccc3)cc2)c1. The summed E-state index contributed by atoms with van der Waals surface area (Å²) in [5.74, 6) is 0.752. The Bertz CT molecular complexity index is 815. The highest BCUT2D eigenvalue weighted by Crippen LogP contribution is 2.15. The third-order valence-corrected chi connectivity index (χ3v) is 3.58. The number of benzene rings is 2. The molecule has 0 spiro atoms. The highest BCUT2D eigenvalue weighted by Gasteiger charge is 2.02. The first-order valence-corrected chi connectivity index (χ1v) is 7.36. The van der Waals surface area contributed by atoms with Crippen molar-refractivity contribution in [1.29, 1.82) is 0 Å². The molecular formula is C20H17NO2. The second kappa shape index (κ2) is 6.79. The van der Waals surface area contributed by atoms with Gasteiger partial charge >= 0.3 is 0 Å². The zero-order chi connectivity index (χ0) is 16.1. The van der Waals surface area contributed by atoms with Crippen LogP contribution in [0.3, 0.4) is 0 Å². The molecule has 0 amide bonds. The van der Waals surface area contributed by atoms with Crippen LogP contribution in [-0.2, 0) is 0 Å². The van der Waals surface area contributed by atoms with Crippen LogP contribution in [0.1, 0.15) is 15.9 Å². The molecule has 0 unspecified atom stereocenters. The van der Waals surface area contributed by atoms with Crippen molar-refractivity contribution >= 4 is 11.9 Å². The van der Waals surface area contributed by atoms with Gasteiger partial charge in [-0.3, -0.25) is 4.79 Å². The van der Waals surface area contributed by atoms with E-state index in [1.54, 1.807) is 19.3 Å². The molecular weight excluding hydrogens is 286 g/mol. The average Bonchev–Trinajstić information content (AvgIpc) is 3.14. The van der Waals surface area contributed by atoms with Crippen LogP contribution in [-0.4, -0.2) is 17.5 Å². The molecule has 3 rings (SSSR count). The first-order valence-electron chi connectivity index (χ1n) is 7.36. The quantitative estimate of drug-likeness (QED) is 0.517. The molecule has 0 saturated heterocycles. The van der Waals surface area contributed by atoms with E-state index in [1.165, 1.54) is 0 Å². The highest BCUT2D eigenvalue weighted by molar-refractivity contribution is 6.06. The molecule has 1 aromatic heterocycles. The Balaban J connectivity index is 1.74. The summed E-state index contributed by atoms with van der Waals surface area (Å²) in [5.41, 5.74) is 2.63. The second-order valence-corrected chi connectivity index (χ2v) is 5.11. The fourth-order valence-electron chi connectivity index (χ4n) is 2.32. The van der Waals surface area contributed by atoms with Gasteiger partial charge in [-0.1, -0.05) is 18.2 Å². The van der Waals surface area contributed by atoms with Crippen LogP contribution < -0.4 is 4.74 Å². The van der Waals surface area contributed by atoms with Crippen LogP contribution in [0.4, 0.5) is 0 Å². The number of carbonyl (C=O) groups excluding carboxylic acids is 1. The van der Waals surface area contributed by atoms with E-state index < -0.39 is 0 Å². The molecule has 1 heterocycles. The summed E-state index contributed by atoms with van der Waals surface area (Å²) in [6.45, 7) is 0. The molecule has 0 aliphatic heterocycles. The number of rotatable bonds is 5. The maximum Gasteiger partial charge on any atom is 0.185 e. The van der Waals surface area contributed by atoms with Crippen LogP contribution in [0.25, 0.3) is 11.8 Å². The number of ketones is 1. The molecule has 0 bridgehead atoms. The normalized spacial score (nSPS) is 10.8. The Morgan fingerprint density at radius 1 is 1.00 bits per heavy atom. The summed E-state index contributed by atoms with van der Waals surface area (Å²) in [7, 11) is 1.63. The van der Waals surface area contributed by atoms with Crippen LogP contribution >= 0.6 is 0 Å². The fraction of sp³-hybridized carbons (Fsp3) is 0.0500. The zero-order valence-electron chi connectivity index (χ0n) is 12.8. The summed E-state index contributed by atoms with van der Waals surface area (Å²) >= 11 is 0. The highest BCUT2D eigenvalue weighted by atomic mass is 16.5. The molecule has 3 heteroatoms. The molecule has 0 atom stereocenters. The molecule has 2 aromatic carbocycles. The summed E-state index contributed by atoms with van der Waals surface area (Å²) < 4.78 is 7.17. The van der Waals surface area contributed by atoms with E-state index in [9.17, 15) is 4.79 Å². The summed E-state index contributed by atoms with van der Waals surface area (Å²) in [4.78, 5) is 12.2. The third-order valence-electron chi connectivity index (χ3n) is 3.58. The largest absolute Gasteiger partial charge is 0.497 e. The molecule has 0 saturated carbocycles. The van der Waals surface area contributed by atoms with Crippen molar-refractivity contribution in [3.63, 3.8) is 0 Å². The number of allylic oxidation sites excluding steroid dienone is 1. The minimum Gasteiger partial charge on any atom is -0.497 e. The van der Waals surface area contributed by atoms with E-state index in [0.717, 1.165) is 17.0 Å². The van der Waals surface area contributed by atoms with Crippen molar-refractivity contribution in [3.8, 4) is 11.4 Å². The van der Waals surface area contributed by atoms with Gasteiger partial charge < -0.3 is 9.30 Å². The van der Waals surface area contributed by atoms with Gasteiger partial charge in [0, 0.05) is 23.6 Å². The van der Waals surface area contributed by atoms with E-state index in [4.69, 9.17) is 4.74 Å². The number of carbonyl (C=O) groups is 1. The van der Waals surface area contributed by atoms with Crippen LogP contribution in [0.5, 0.6) is 5.75 Å². The Morgan fingerprint density at radius 3 is 2.43 bits per heavy atom. The van der Waals surface area contributed by atoms with Crippen LogP contribution in [0, 0.1) is 0 Å². The lowest BCUT2D eigenvalue weighted by Gasteiger charge is -2.03. The minimum atomic E-state index is -0.0214. The number of methoxy groups -OCH3 is 1. The maximum atomic E-state index is 12.2. The number of ether oxygens (including phenoxy) is 1. The Labute approximate surface area is 135 Å². The third kappa shape index (κ3) is 3.58. The lowest BCUT2D eigenvalue weighted by molar-refractivity contribution is 0.104. The zero-order valence-corrected chi connectivity index (χ0v) is 12.8. The van der Waals surface area contributed by atoms with Gasteiger partial charge in [-0.2, -0.15) is 0 Å². The summed E-state index contributed by atoms with van der Waals surface area (Å²) in [6.07, 6.45) is 7.32. The molecule has 3 nitrogen and oxygen atoms in total. The number of hydrogen-bond acceptors (Lipinski definition) is 2. The first-order chi connectivity index (χ1) is 11.3. The Kier molecular flexibility index (Phi) is 4.39. The van der Waals surface area contributed by atoms with E-state index >= 15 is 0 Å². The van der Waals surface area contributed by atoms with Gasteiger partial charge in [0.2, 0.25) is 0 Å². The Morgan fingerprint density at radius 2 is 1.74 bits per heavy atom. The van der Waals surface area contributed by atoms with Gasteiger partial charge in [0.05, 0.1) is 7.11 Å². The molecule has 114 valence electrons. The van der Waals surface area contributed by atoms with E-state index in [2.05, 4.69) is 0 Å². The van der Waals surface area contributed by atoms with Crippen LogP contribution in [0.2, 0.25) is 0 Å². The lowest BCUT2D eigenvalue weighted by Crippen LogP contribution is -1.96. The predicted molar refractivity (Wildman–Crippen MR) is 92.1 cm³/mol. The molecule has 23 heavy (non-hydrogen) atoms. The minimum absolute atomic E-state index is 0.0214. The predicted octanol–water partition coefficient (Wildman–Crippen LogP) is 4.38. The second-order valence-electron chi connectivity index (χ2n) is 5.11. The van der Waals surface area contributed by atoms with Crippen molar-refractivity contribution in [1.82, 2.24) is 4.57 Å². The van der Waals surface area contributed by atoms with Crippen molar-refractivity contribution in [2.45, 2.75) is 0 Å². The average molecular weight is 303 g/mol. The van der Waals surface area contributed by atoms with Gasteiger partial charge in [0.15, 0.2) is 5.78 Å². The molecule has 0 radical (unpaired) electrons. The Hall–Kier alpha value is -3.07. The molecule has 0 aliphatic carbocycles. The molecule has 0 fully saturated rings. The van der Waals surface area contributed by atoms with Gasteiger partial charge in [0.1, 0.15) is 5.75 Å². The standard InChI is InChI=1S/C20H17NO2/c1-23-19-6-4-5-16(15-19)7-12-20(22)17-8-10-18(11-9-17)21-13-2-3-14-21/h2-15H,1H3/b12-7+. The van der Waals surface area contributed by atoms with Gasteiger partial charge in [-0.25, -0.2) is 0 Å². The monoisotopic (exact) mass is 303 g/mol. The van der Waals surface area contributed by atoms with Crippen molar-refractivity contribution in [3.05, 3.63) is 90.3 Å². The van der Waals surface area contributed by atoms with Gasteiger partial charge in [-0.05, 0) is 60.2 Å². The summed E-state index contributed by atoms with van der Waals surface area (Å²) in [6, 6.07) is 19.1. The van der Waals surface area contributed by atoms with Gasteiger partial charge in [0.25, 0.3) is 0 Å². The molecule has 0 aliphatic rings. The topological polar surface area (TPSA) is 31.2 Å². The molecule has 0 N–H and O–H groups in total. The van der Waals surface area contributed by atoms with Crippen molar-refractivity contribution in [2.75, 3.05) is 7.11 Å². The summed E-state index contributed by atoms with van der Waals surface area (Å²) in [5, 5.41) is 0. The van der Waals surface area contributed by atoms with E-state index in [0.29, 0.717) is 5.56 Å². The van der Waals surface area contributed by atoms with E-state index in [-0.39, 0.29) is 5.78 Å². The van der Waals surface area contributed by atoms with Crippen molar-refractivity contribution < 1.29 is 9.53 Å². The first kappa shape index (κ1) is 14.9. The fourth-order valence-corrected chi connectivity index (χ4v) is 2.32. The number of hydrogen-bond donors (Lipinski definition) is 0. The van der Waals surface area contributed by atoms with Crippen LogP contribution in [0.15, 0.2) is 79.1 Å². The van der Waals surface area contributed by atoms with Crippen molar-refractivity contribution in [2.24, 2.45) is 0 Å². The number of nitrogens with zero attached hydrogens (tertiary/aromatic N) is 1. The molecule has 3 aromatic rings.